The Morgan fingerprint density at radius 1 is 0.963 bits per heavy atom. The minimum absolute atomic E-state index is 0.0362. The Balaban J connectivity index is 1.71. The summed E-state index contributed by atoms with van der Waals surface area (Å²) >= 11 is 13.0. The Kier molecular flexibility index (Phi) is 6.89. The first kappa shape index (κ1) is 19.9. The number of carbonyl (C=O) groups is 1. The van der Waals surface area contributed by atoms with Crippen LogP contribution in [0.5, 0.6) is 5.75 Å². The molecule has 3 aromatic rings. The highest BCUT2D eigenvalue weighted by molar-refractivity contribution is 9.11. The number of hydrogen-bond donors (Lipinski definition) is 0. The third kappa shape index (κ3) is 5.55. The van der Waals surface area contributed by atoms with Crippen LogP contribution >= 0.6 is 43.5 Å². The molecule has 0 saturated carbocycles. The van der Waals surface area contributed by atoms with Crippen LogP contribution in [-0.2, 0) is 6.61 Å². The van der Waals surface area contributed by atoms with Crippen molar-refractivity contribution in [3.63, 3.8) is 0 Å². The standard InChI is InChI=1S/C22H15Br2ClO2/c23-19-12-16(8-11-21(26)17-4-2-1-3-5-17)13-20(24)22(19)27-14-15-6-9-18(25)10-7-15/h1-13H,14H2/b11-8+. The van der Waals surface area contributed by atoms with E-state index in [0.29, 0.717) is 22.9 Å². The maximum Gasteiger partial charge on any atom is 0.185 e. The molecule has 0 atom stereocenters. The molecule has 0 heterocycles. The van der Waals surface area contributed by atoms with Crippen molar-refractivity contribution >= 4 is 55.3 Å². The van der Waals surface area contributed by atoms with Gasteiger partial charge in [0.05, 0.1) is 8.95 Å². The molecular formula is C22H15Br2ClO2. The molecule has 0 saturated heterocycles. The Labute approximate surface area is 180 Å². The summed E-state index contributed by atoms with van der Waals surface area (Å²) < 4.78 is 7.52. The molecule has 0 spiro atoms. The molecule has 3 rings (SSSR count). The van der Waals surface area contributed by atoms with Crippen molar-refractivity contribution in [2.45, 2.75) is 6.61 Å². The van der Waals surface area contributed by atoms with Gasteiger partial charge in [0.25, 0.3) is 0 Å². The summed E-state index contributed by atoms with van der Waals surface area (Å²) in [6.07, 6.45) is 3.35. The van der Waals surface area contributed by atoms with Gasteiger partial charge in [-0.1, -0.05) is 60.1 Å². The van der Waals surface area contributed by atoms with Crippen LogP contribution in [-0.4, -0.2) is 5.78 Å². The molecular weight excluding hydrogens is 492 g/mol. The quantitative estimate of drug-likeness (QED) is 0.258. The maximum atomic E-state index is 12.2. The first-order chi connectivity index (χ1) is 13.0. The predicted octanol–water partition coefficient (Wildman–Crippen LogP) is 7.34. The largest absolute Gasteiger partial charge is 0.487 e. The van der Waals surface area contributed by atoms with Gasteiger partial charge < -0.3 is 4.74 Å². The van der Waals surface area contributed by atoms with Crippen LogP contribution in [0.1, 0.15) is 21.5 Å². The van der Waals surface area contributed by atoms with Crippen molar-refractivity contribution < 1.29 is 9.53 Å². The molecule has 0 aromatic heterocycles. The lowest BCUT2D eigenvalue weighted by Gasteiger charge is -2.11. The average molecular weight is 507 g/mol. The zero-order chi connectivity index (χ0) is 19.2. The highest BCUT2D eigenvalue weighted by Gasteiger charge is 2.09. The molecule has 0 aliphatic heterocycles. The van der Waals surface area contributed by atoms with Gasteiger partial charge in [0.15, 0.2) is 5.78 Å². The second-order valence-electron chi connectivity index (χ2n) is 5.79. The Bertz CT molecular complexity index is 944. The average Bonchev–Trinajstić information content (AvgIpc) is 2.67. The first-order valence-corrected chi connectivity index (χ1v) is 10.1. The number of hydrogen-bond acceptors (Lipinski definition) is 2. The number of halogens is 3. The summed E-state index contributed by atoms with van der Waals surface area (Å²) in [6.45, 7) is 0.427. The molecule has 27 heavy (non-hydrogen) atoms. The minimum atomic E-state index is -0.0362. The zero-order valence-electron chi connectivity index (χ0n) is 14.2. The van der Waals surface area contributed by atoms with E-state index in [2.05, 4.69) is 31.9 Å². The van der Waals surface area contributed by atoms with Crippen molar-refractivity contribution in [1.82, 2.24) is 0 Å². The summed E-state index contributed by atoms with van der Waals surface area (Å²) in [5.74, 6) is 0.669. The highest BCUT2D eigenvalue weighted by atomic mass is 79.9. The molecule has 136 valence electrons. The van der Waals surface area contributed by atoms with Gasteiger partial charge >= 0.3 is 0 Å². The number of benzene rings is 3. The van der Waals surface area contributed by atoms with Gasteiger partial charge in [0, 0.05) is 10.6 Å². The highest BCUT2D eigenvalue weighted by Crippen LogP contribution is 2.35. The molecule has 0 radical (unpaired) electrons. The van der Waals surface area contributed by atoms with Crippen molar-refractivity contribution in [3.05, 3.63) is 103 Å². The first-order valence-electron chi connectivity index (χ1n) is 8.16. The fraction of sp³-hybridized carbons (Fsp3) is 0.0455. The van der Waals surface area contributed by atoms with E-state index in [1.54, 1.807) is 24.3 Å². The predicted molar refractivity (Wildman–Crippen MR) is 117 cm³/mol. The van der Waals surface area contributed by atoms with Crippen molar-refractivity contribution in [2.75, 3.05) is 0 Å². The summed E-state index contributed by atoms with van der Waals surface area (Å²) in [5.41, 5.74) is 2.57. The molecule has 3 aromatic carbocycles. The van der Waals surface area contributed by atoms with Gasteiger partial charge in [-0.2, -0.15) is 0 Å². The number of ketones is 1. The normalized spacial score (nSPS) is 10.9. The van der Waals surface area contributed by atoms with Crippen LogP contribution in [0.25, 0.3) is 6.08 Å². The van der Waals surface area contributed by atoms with Gasteiger partial charge in [0.1, 0.15) is 12.4 Å². The second kappa shape index (κ2) is 9.36. The molecule has 0 aliphatic carbocycles. The maximum absolute atomic E-state index is 12.2. The number of carbonyl (C=O) groups excluding carboxylic acids is 1. The van der Waals surface area contributed by atoms with Gasteiger partial charge in [0.2, 0.25) is 0 Å². The molecule has 0 bridgehead atoms. The van der Waals surface area contributed by atoms with Crippen molar-refractivity contribution in [1.29, 1.82) is 0 Å². The Hall–Kier alpha value is -1.88. The van der Waals surface area contributed by atoms with E-state index in [1.165, 1.54) is 0 Å². The van der Waals surface area contributed by atoms with E-state index in [1.807, 2.05) is 54.6 Å². The summed E-state index contributed by atoms with van der Waals surface area (Å²) in [6, 6.07) is 20.5. The second-order valence-corrected chi connectivity index (χ2v) is 7.94. The molecule has 0 fully saturated rings. The SMILES string of the molecule is O=C(/C=C/c1cc(Br)c(OCc2ccc(Cl)cc2)c(Br)c1)c1ccccc1. The smallest absolute Gasteiger partial charge is 0.185 e. The van der Waals surface area contributed by atoms with Gasteiger partial charge in [-0.15, -0.1) is 0 Å². The molecule has 0 N–H and O–H groups in total. The molecule has 5 heteroatoms. The zero-order valence-corrected chi connectivity index (χ0v) is 18.1. The lowest BCUT2D eigenvalue weighted by molar-refractivity contribution is 0.104. The Morgan fingerprint density at radius 3 is 2.22 bits per heavy atom. The van der Waals surface area contributed by atoms with E-state index in [4.69, 9.17) is 16.3 Å². The lowest BCUT2D eigenvalue weighted by atomic mass is 10.1. The van der Waals surface area contributed by atoms with Crippen LogP contribution in [0, 0.1) is 0 Å². The van der Waals surface area contributed by atoms with Gasteiger partial charge in [-0.25, -0.2) is 0 Å². The molecule has 2 nitrogen and oxygen atoms in total. The Morgan fingerprint density at radius 2 is 1.59 bits per heavy atom. The van der Waals surface area contributed by atoms with Gasteiger partial charge in [-0.3, -0.25) is 4.79 Å². The van der Waals surface area contributed by atoms with E-state index < -0.39 is 0 Å². The van der Waals surface area contributed by atoms with Crippen molar-refractivity contribution in [3.8, 4) is 5.75 Å². The van der Waals surface area contributed by atoms with Crippen LogP contribution < -0.4 is 4.74 Å². The van der Waals surface area contributed by atoms with Crippen LogP contribution in [0.4, 0.5) is 0 Å². The summed E-state index contributed by atoms with van der Waals surface area (Å²) in [7, 11) is 0. The van der Waals surface area contributed by atoms with E-state index in [0.717, 1.165) is 20.1 Å². The summed E-state index contributed by atoms with van der Waals surface area (Å²) in [4.78, 5) is 12.2. The summed E-state index contributed by atoms with van der Waals surface area (Å²) in [5, 5.41) is 0.697. The number of rotatable bonds is 6. The van der Waals surface area contributed by atoms with Crippen LogP contribution in [0.15, 0.2) is 81.8 Å². The lowest BCUT2D eigenvalue weighted by Crippen LogP contribution is -1.97. The van der Waals surface area contributed by atoms with E-state index >= 15 is 0 Å². The monoisotopic (exact) mass is 504 g/mol. The minimum Gasteiger partial charge on any atom is -0.487 e. The van der Waals surface area contributed by atoms with Crippen molar-refractivity contribution in [2.24, 2.45) is 0 Å². The fourth-order valence-corrected chi connectivity index (χ4v) is 4.00. The number of allylic oxidation sites excluding steroid dienone is 1. The fourth-order valence-electron chi connectivity index (χ4n) is 2.42. The third-order valence-electron chi connectivity index (χ3n) is 3.80. The third-order valence-corrected chi connectivity index (χ3v) is 5.23. The van der Waals surface area contributed by atoms with Gasteiger partial charge in [-0.05, 0) is 73.3 Å². The number of ether oxygens (including phenoxy) is 1. The van der Waals surface area contributed by atoms with E-state index in [-0.39, 0.29) is 5.78 Å². The molecule has 0 amide bonds. The van der Waals surface area contributed by atoms with E-state index in [9.17, 15) is 4.79 Å². The molecule has 0 unspecified atom stereocenters. The van der Waals surface area contributed by atoms with Crippen LogP contribution in [0.3, 0.4) is 0 Å². The van der Waals surface area contributed by atoms with Crippen LogP contribution in [0.2, 0.25) is 5.02 Å². The molecule has 0 aliphatic rings. The topological polar surface area (TPSA) is 26.3 Å².